The van der Waals surface area contributed by atoms with E-state index in [1.807, 2.05) is 4.90 Å². The van der Waals surface area contributed by atoms with Gasteiger partial charge in [-0.15, -0.1) is 21.8 Å². The number of anilines is 1. The van der Waals surface area contributed by atoms with Crippen LogP contribution in [-0.4, -0.2) is 29.2 Å². The van der Waals surface area contributed by atoms with Crippen molar-refractivity contribution in [2.75, 3.05) is 23.9 Å². The second-order valence-electron chi connectivity index (χ2n) is 4.71. The van der Waals surface area contributed by atoms with Gasteiger partial charge in [-0.25, -0.2) is 0 Å². The van der Waals surface area contributed by atoms with E-state index in [-0.39, 0.29) is 0 Å². The zero-order valence-corrected chi connectivity index (χ0v) is 11.1. The van der Waals surface area contributed by atoms with Crippen LogP contribution in [0.3, 0.4) is 0 Å². The van der Waals surface area contributed by atoms with Crippen LogP contribution in [0.5, 0.6) is 0 Å². The number of aromatic nitrogens is 2. The highest BCUT2D eigenvalue weighted by molar-refractivity contribution is 6.17. The first-order valence-corrected chi connectivity index (χ1v) is 6.76. The molecule has 2 rings (SSSR count). The highest BCUT2D eigenvalue weighted by Gasteiger charge is 2.33. The molecule has 19 heavy (non-hydrogen) atoms. The summed E-state index contributed by atoms with van der Waals surface area (Å²) in [5.41, 5.74) is -0.953. The Morgan fingerprint density at radius 3 is 2.68 bits per heavy atom. The number of nitrogens with zero attached hydrogens (tertiary/aromatic N) is 3. The van der Waals surface area contributed by atoms with Crippen molar-refractivity contribution < 1.29 is 13.2 Å². The fraction of sp³-hybridized carbons (Fsp3) is 0.667. The Morgan fingerprint density at radius 1 is 1.32 bits per heavy atom. The number of halogens is 4. The second-order valence-corrected chi connectivity index (χ2v) is 5.08. The Morgan fingerprint density at radius 2 is 2.11 bits per heavy atom. The van der Waals surface area contributed by atoms with Gasteiger partial charge in [0.2, 0.25) is 0 Å². The molecular weight excluding hydrogens is 279 g/mol. The monoisotopic (exact) mass is 293 g/mol. The van der Waals surface area contributed by atoms with Crippen LogP contribution in [0, 0.1) is 5.92 Å². The molecule has 0 aromatic carbocycles. The molecule has 1 aromatic heterocycles. The summed E-state index contributed by atoms with van der Waals surface area (Å²) >= 11 is 5.73. The zero-order chi connectivity index (χ0) is 13.9. The molecule has 0 radical (unpaired) electrons. The van der Waals surface area contributed by atoms with E-state index in [1.165, 1.54) is 6.07 Å². The van der Waals surface area contributed by atoms with Crippen LogP contribution in [0.4, 0.5) is 19.0 Å². The summed E-state index contributed by atoms with van der Waals surface area (Å²) in [7, 11) is 0. The highest BCUT2D eigenvalue weighted by atomic mass is 35.5. The van der Waals surface area contributed by atoms with E-state index in [4.69, 9.17) is 11.6 Å². The lowest BCUT2D eigenvalue weighted by Gasteiger charge is -2.33. The second kappa shape index (κ2) is 5.94. The van der Waals surface area contributed by atoms with Crippen molar-refractivity contribution in [3.05, 3.63) is 17.8 Å². The van der Waals surface area contributed by atoms with E-state index in [1.54, 1.807) is 0 Å². The number of alkyl halides is 4. The minimum absolute atomic E-state index is 0.482. The average molecular weight is 294 g/mol. The molecule has 1 saturated heterocycles. The fourth-order valence-electron chi connectivity index (χ4n) is 2.31. The maximum Gasteiger partial charge on any atom is 0.435 e. The normalized spacial score (nSPS) is 20.6. The smallest absolute Gasteiger partial charge is 0.355 e. The van der Waals surface area contributed by atoms with Gasteiger partial charge in [0.15, 0.2) is 11.5 Å². The number of hydrogen-bond donors (Lipinski definition) is 0. The SMILES string of the molecule is FC(F)(F)c1ccc(N2CCCC(CCCl)C2)nn1. The van der Waals surface area contributed by atoms with E-state index in [2.05, 4.69) is 10.2 Å². The van der Waals surface area contributed by atoms with Crippen molar-refractivity contribution in [2.24, 2.45) is 5.92 Å². The molecule has 3 nitrogen and oxygen atoms in total. The van der Waals surface area contributed by atoms with Crippen LogP contribution in [0.1, 0.15) is 25.0 Å². The Labute approximate surface area is 114 Å². The highest BCUT2D eigenvalue weighted by Crippen LogP contribution is 2.28. The van der Waals surface area contributed by atoms with Crippen LogP contribution in [0.25, 0.3) is 0 Å². The number of rotatable bonds is 3. The van der Waals surface area contributed by atoms with Crippen LogP contribution >= 0.6 is 11.6 Å². The quantitative estimate of drug-likeness (QED) is 0.800. The third-order valence-corrected chi connectivity index (χ3v) is 3.52. The predicted octanol–water partition coefficient (Wildman–Crippen LogP) is 3.34. The third-order valence-electron chi connectivity index (χ3n) is 3.30. The Hall–Kier alpha value is -1.04. The molecule has 0 bridgehead atoms. The molecular formula is C12H15ClF3N3. The standard InChI is InChI=1S/C12H15ClF3N3/c13-6-5-9-2-1-7-19(8-9)11-4-3-10(17-18-11)12(14,15)16/h3-4,9H,1-2,5-8H2. The summed E-state index contributed by atoms with van der Waals surface area (Å²) in [6.45, 7) is 1.59. The predicted molar refractivity (Wildman–Crippen MR) is 67.3 cm³/mol. The maximum absolute atomic E-state index is 12.4. The van der Waals surface area contributed by atoms with Gasteiger partial charge in [-0.1, -0.05) is 0 Å². The molecule has 0 aliphatic carbocycles. The van der Waals surface area contributed by atoms with Crippen molar-refractivity contribution >= 4 is 17.4 Å². The third kappa shape index (κ3) is 3.72. The molecule has 1 atom stereocenters. The van der Waals surface area contributed by atoms with E-state index in [0.29, 0.717) is 17.6 Å². The first-order valence-electron chi connectivity index (χ1n) is 6.22. The molecule has 1 aliphatic rings. The summed E-state index contributed by atoms with van der Waals surface area (Å²) in [5.74, 6) is 1.60. The van der Waals surface area contributed by atoms with Gasteiger partial charge in [-0.05, 0) is 37.3 Å². The van der Waals surface area contributed by atoms with E-state index in [0.717, 1.165) is 38.4 Å². The first kappa shape index (κ1) is 14.4. The van der Waals surface area contributed by atoms with Crippen LogP contribution < -0.4 is 4.90 Å². The number of piperidine rings is 1. The molecule has 0 N–H and O–H groups in total. The summed E-state index contributed by atoms with van der Waals surface area (Å²) in [6, 6.07) is 2.37. The van der Waals surface area contributed by atoms with Crippen molar-refractivity contribution in [1.29, 1.82) is 0 Å². The summed E-state index contributed by atoms with van der Waals surface area (Å²) < 4.78 is 37.2. The number of hydrogen-bond acceptors (Lipinski definition) is 3. The van der Waals surface area contributed by atoms with Crippen LogP contribution in [0.15, 0.2) is 12.1 Å². The molecule has 0 spiro atoms. The summed E-state index contributed by atoms with van der Waals surface area (Å²) in [5, 5.41) is 6.94. The van der Waals surface area contributed by atoms with Gasteiger partial charge in [0.1, 0.15) is 0 Å². The molecule has 1 unspecified atom stereocenters. The van der Waals surface area contributed by atoms with E-state index in [9.17, 15) is 13.2 Å². The minimum atomic E-state index is -4.44. The molecule has 1 aliphatic heterocycles. The van der Waals surface area contributed by atoms with Gasteiger partial charge in [-0.3, -0.25) is 0 Å². The lowest BCUT2D eigenvalue weighted by atomic mass is 9.95. The Balaban J connectivity index is 2.05. The summed E-state index contributed by atoms with van der Waals surface area (Å²) in [6.07, 6.45) is -1.40. The van der Waals surface area contributed by atoms with Gasteiger partial charge < -0.3 is 4.90 Å². The Bertz CT molecular complexity index is 406. The van der Waals surface area contributed by atoms with Gasteiger partial charge >= 0.3 is 6.18 Å². The van der Waals surface area contributed by atoms with Gasteiger partial charge in [0.25, 0.3) is 0 Å². The first-order chi connectivity index (χ1) is 9.00. The molecule has 0 saturated carbocycles. The molecule has 106 valence electrons. The van der Waals surface area contributed by atoms with Crippen molar-refractivity contribution in [3.63, 3.8) is 0 Å². The maximum atomic E-state index is 12.4. The van der Waals surface area contributed by atoms with Crippen molar-refractivity contribution in [1.82, 2.24) is 10.2 Å². The minimum Gasteiger partial charge on any atom is -0.355 e. The topological polar surface area (TPSA) is 29.0 Å². The van der Waals surface area contributed by atoms with Crippen LogP contribution in [-0.2, 0) is 6.18 Å². The average Bonchev–Trinajstić information content (AvgIpc) is 2.39. The van der Waals surface area contributed by atoms with Crippen molar-refractivity contribution in [3.8, 4) is 0 Å². The molecule has 2 heterocycles. The molecule has 1 fully saturated rings. The van der Waals surface area contributed by atoms with Gasteiger partial charge in [-0.2, -0.15) is 13.2 Å². The lowest BCUT2D eigenvalue weighted by Crippen LogP contribution is -2.36. The van der Waals surface area contributed by atoms with Crippen LogP contribution in [0.2, 0.25) is 0 Å². The largest absolute Gasteiger partial charge is 0.435 e. The zero-order valence-electron chi connectivity index (χ0n) is 10.3. The van der Waals surface area contributed by atoms with Gasteiger partial charge in [0, 0.05) is 19.0 Å². The molecule has 0 amide bonds. The fourth-order valence-corrected chi connectivity index (χ4v) is 2.62. The Kier molecular flexibility index (Phi) is 4.50. The molecule has 7 heteroatoms. The molecule has 1 aromatic rings. The van der Waals surface area contributed by atoms with E-state index >= 15 is 0 Å². The van der Waals surface area contributed by atoms with Gasteiger partial charge in [0.05, 0.1) is 0 Å². The summed E-state index contributed by atoms with van der Waals surface area (Å²) in [4.78, 5) is 1.98. The van der Waals surface area contributed by atoms with Crippen molar-refractivity contribution in [2.45, 2.75) is 25.4 Å². The van der Waals surface area contributed by atoms with E-state index < -0.39 is 11.9 Å². The lowest BCUT2D eigenvalue weighted by molar-refractivity contribution is -0.141.